The third-order valence-electron chi connectivity index (χ3n) is 8.27. The molecule has 0 radical (unpaired) electrons. The number of rotatable bonds is 3. The van der Waals surface area contributed by atoms with Crippen LogP contribution in [0.15, 0.2) is 48.0 Å². The molecule has 0 bridgehead atoms. The van der Waals surface area contributed by atoms with Crippen LogP contribution in [0.1, 0.15) is 55.2 Å². The average Bonchev–Trinajstić information content (AvgIpc) is 3.04. The van der Waals surface area contributed by atoms with Crippen LogP contribution in [0, 0.1) is 17.3 Å². The van der Waals surface area contributed by atoms with Crippen molar-refractivity contribution < 1.29 is 14.6 Å². The molecule has 3 aliphatic rings. The highest BCUT2D eigenvalue weighted by atomic mass is 16.5. The molecule has 2 fully saturated rings. The maximum atomic E-state index is 11.3. The number of aryl methyl sites for hydroxylation is 1. The van der Waals surface area contributed by atoms with Crippen LogP contribution in [-0.4, -0.2) is 25.4 Å². The van der Waals surface area contributed by atoms with Crippen LogP contribution < -0.4 is 9.47 Å². The Kier molecular flexibility index (Phi) is 4.89. The SMILES string of the molecule is COc1ccc(/C=C2\C[C@@H]3[C@@H]4CCc5cc(OC)ccc5[C@@H]4CC[C@]3(C)[C@@H]2O)cc1. The summed E-state index contributed by atoms with van der Waals surface area (Å²) in [6.45, 7) is 2.33. The Labute approximate surface area is 179 Å². The highest BCUT2D eigenvalue weighted by Crippen LogP contribution is 2.62. The third-order valence-corrected chi connectivity index (χ3v) is 8.27. The topological polar surface area (TPSA) is 38.7 Å². The molecule has 2 saturated carbocycles. The first-order chi connectivity index (χ1) is 14.5. The minimum absolute atomic E-state index is 0.0105. The molecule has 0 spiro atoms. The first kappa shape index (κ1) is 19.7. The van der Waals surface area contributed by atoms with E-state index in [0.29, 0.717) is 17.8 Å². The number of aliphatic hydroxyl groups excluding tert-OH is 1. The Bertz CT molecular complexity index is 961. The second kappa shape index (κ2) is 7.46. The zero-order valence-corrected chi connectivity index (χ0v) is 18.2. The Morgan fingerprint density at radius 2 is 1.73 bits per heavy atom. The molecule has 3 nitrogen and oxygen atoms in total. The van der Waals surface area contributed by atoms with Crippen LogP contribution in [0.4, 0.5) is 0 Å². The summed E-state index contributed by atoms with van der Waals surface area (Å²) in [5.74, 6) is 3.65. The van der Waals surface area contributed by atoms with E-state index in [9.17, 15) is 5.11 Å². The highest BCUT2D eigenvalue weighted by Gasteiger charge is 2.56. The van der Waals surface area contributed by atoms with E-state index in [0.717, 1.165) is 36.3 Å². The molecular formula is C27H32O3. The molecule has 1 N–H and O–H groups in total. The number of fused-ring (bicyclic) bond motifs is 5. The van der Waals surface area contributed by atoms with Gasteiger partial charge in [-0.2, -0.15) is 0 Å². The molecule has 3 aliphatic carbocycles. The van der Waals surface area contributed by atoms with Crippen LogP contribution in [-0.2, 0) is 6.42 Å². The first-order valence-corrected chi connectivity index (χ1v) is 11.2. The number of benzene rings is 2. The Morgan fingerprint density at radius 3 is 2.47 bits per heavy atom. The second-order valence-electron chi connectivity index (χ2n) is 9.62. The van der Waals surface area contributed by atoms with Gasteiger partial charge in [0.15, 0.2) is 0 Å². The fourth-order valence-corrected chi connectivity index (χ4v) is 6.60. The van der Waals surface area contributed by atoms with E-state index >= 15 is 0 Å². The van der Waals surface area contributed by atoms with E-state index < -0.39 is 0 Å². The number of ether oxygens (including phenoxy) is 2. The average molecular weight is 405 g/mol. The van der Waals surface area contributed by atoms with Gasteiger partial charge in [-0.25, -0.2) is 0 Å². The van der Waals surface area contributed by atoms with Crippen molar-refractivity contribution in [3.8, 4) is 11.5 Å². The van der Waals surface area contributed by atoms with Crippen molar-refractivity contribution >= 4 is 6.08 Å². The molecule has 0 heterocycles. The molecule has 0 unspecified atom stereocenters. The summed E-state index contributed by atoms with van der Waals surface area (Å²) in [6, 6.07) is 14.8. The summed E-state index contributed by atoms with van der Waals surface area (Å²) in [7, 11) is 3.44. The van der Waals surface area contributed by atoms with Gasteiger partial charge in [0.05, 0.1) is 20.3 Å². The van der Waals surface area contributed by atoms with E-state index in [-0.39, 0.29) is 11.5 Å². The first-order valence-electron chi connectivity index (χ1n) is 11.2. The van der Waals surface area contributed by atoms with E-state index in [4.69, 9.17) is 9.47 Å². The molecule has 5 rings (SSSR count). The van der Waals surface area contributed by atoms with E-state index in [1.807, 2.05) is 12.1 Å². The summed E-state index contributed by atoms with van der Waals surface area (Å²) < 4.78 is 10.7. The lowest BCUT2D eigenvalue weighted by Crippen LogP contribution is -2.44. The van der Waals surface area contributed by atoms with Gasteiger partial charge >= 0.3 is 0 Å². The molecule has 158 valence electrons. The maximum absolute atomic E-state index is 11.3. The van der Waals surface area contributed by atoms with E-state index in [2.05, 4.69) is 43.3 Å². The van der Waals surface area contributed by atoms with Crippen LogP contribution in [0.2, 0.25) is 0 Å². The second-order valence-corrected chi connectivity index (χ2v) is 9.62. The van der Waals surface area contributed by atoms with Gasteiger partial charge in [-0.3, -0.25) is 0 Å². The lowest BCUT2D eigenvalue weighted by Gasteiger charge is -2.49. The van der Waals surface area contributed by atoms with Gasteiger partial charge in [-0.05, 0) is 96.4 Å². The van der Waals surface area contributed by atoms with Crippen molar-refractivity contribution in [2.75, 3.05) is 14.2 Å². The molecule has 0 saturated heterocycles. The summed E-state index contributed by atoms with van der Waals surface area (Å²) in [5.41, 5.74) is 5.32. The molecule has 5 atom stereocenters. The number of hydrogen-bond donors (Lipinski definition) is 1. The number of methoxy groups -OCH3 is 2. The largest absolute Gasteiger partial charge is 0.497 e. The van der Waals surface area contributed by atoms with Crippen molar-refractivity contribution in [1.29, 1.82) is 0 Å². The molecule has 0 aliphatic heterocycles. The molecule has 0 aromatic heterocycles. The summed E-state index contributed by atoms with van der Waals surface area (Å²) >= 11 is 0. The van der Waals surface area contributed by atoms with Crippen molar-refractivity contribution in [3.05, 3.63) is 64.7 Å². The lowest BCUT2D eigenvalue weighted by molar-refractivity contribution is -0.0158. The third kappa shape index (κ3) is 3.06. The van der Waals surface area contributed by atoms with Gasteiger partial charge in [0, 0.05) is 5.41 Å². The van der Waals surface area contributed by atoms with Crippen LogP contribution in [0.5, 0.6) is 11.5 Å². The van der Waals surface area contributed by atoms with Gasteiger partial charge in [0.25, 0.3) is 0 Å². The molecule has 30 heavy (non-hydrogen) atoms. The lowest BCUT2D eigenvalue weighted by atomic mass is 9.55. The van der Waals surface area contributed by atoms with Gasteiger partial charge in [0.2, 0.25) is 0 Å². The van der Waals surface area contributed by atoms with Gasteiger partial charge in [0.1, 0.15) is 11.5 Å². The number of hydrogen-bond acceptors (Lipinski definition) is 3. The predicted octanol–water partition coefficient (Wildman–Crippen LogP) is 5.61. The monoisotopic (exact) mass is 404 g/mol. The highest BCUT2D eigenvalue weighted by molar-refractivity contribution is 5.56. The van der Waals surface area contributed by atoms with Crippen LogP contribution in [0.3, 0.4) is 0 Å². The van der Waals surface area contributed by atoms with Crippen LogP contribution in [0.25, 0.3) is 6.08 Å². The normalized spacial score (nSPS) is 33.5. The Morgan fingerprint density at radius 1 is 1.00 bits per heavy atom. The molecular weight excluding hydrogens is 372 g/mol. The quantitative estimate of drug-likeness (QED) is 0.722. The van der Waals surface area contributed by atoms with Crippen molar-refractivity contribution in [2.24, 2.45) is 17.3 Å². The molecule has 0 amide bonds. The smallest absolute Gasteiger partial charge is 0.119 e. The van der Waals surface area contributed by atoms with Gasteiger partial charge < -0.3 is 14.6 Å². The molecule has 2 aromatic rings. The standard InChI is InChI=1S/C27H32O3/c1-27-13-12-23-22-11-9-21(30-3)15-18(22)6-10-24(23)25(27)16-19(26(27)28)14-17-4-7-20(29-2)8-5-17/h4-5,7-9,11,14-15,23-26,28H,6,10,12-13,16H2,1-3H3/b19-14+/t23-,24+,25+,26+,27-/m0/s1. The Balaban J connectivity index is 1.44. The molecule has 3 heteroatoms. The van der Waals surface area contributed by atoms with E-state index in [1.165, 1.54) is 29.5 Å². The zero-order chi connectivity index (χ0) is 20.9. The van der Waals surface area contributed by atoms with Gasteiger partial charge in [-0.15, -0.1) is 0 Å². The fourth-order valence-electron chi connectivity index (χ4n) is 6.60. The van der Waals surface area contributed by atoms with Crippen molar-refractivity contribution in [2.45, 2.75) is 51.0 Å². The maximum Gasteiger partial charge on any atom is 0.119 e. The van der Waals surface area contributed by atoms with Gasteiger partial charge in [-0.1, -0.05) is 31.2 Å². The minimum atomic E-state index is -0.345. The van der Waals surface area contributed by atoms with E-state index in [1.54, 1.807) is 14.2 Å². The van der Waals surface area contributed by atoms with Crippen LogP contribution >= 0.6 is 0 Å². The summed E-state index contributed by atoms with van der Waals surface area (Å²) in [5, 5.41) is 11.3. The fraction of sp³-hybridized carbons (Fsp3) is 0.481. The summed E-state index contributed by atoms with van der Waals surface area (Å²) in [6.07, 6.45) is 7.47. The predicted molar refractivity (Wildman–Crippen MR) is 120 cm³/mol. The zero-order valence-electron chi connectivity index (χ0n) is 18.2. The summed E-state index contributed by atoms with van der Waals surface area (Å²) in [4.78, 5) is 0. The Hall–Kier alpha value is -2.26. The van der Waals surface area contributed by atoms with Crippen molar-refractivity contribution in [1.82, 2.24) is 0 Å². The molecule has 2 aromatic carbocycles. The van der Waals surface area contributed by atoms with Crippen molar-refractivity contribution in [3.63, 3.8) is 0 Å². The minimum Gasteiger partial charge on any atom is -0.497 e. The number of aliphatic hydroxyl groups is 1.